The lowest BCUT2D eigenvalue weighted by molar-refractivity contribution is -0.120. The first-order chi connectivity index (χ1) is 19.9. The van der Waals surface area contributed by atoms with Gasteiger partial charge in [-0.25, -0.2) is 18.0 Å². The van der Waals surface area contributed by atoms with Crippen molar-refractivity contribution in [1.29, 1.82) is 0 Å². The van der Waals surface area contributed by atoms with Gasteiger partial charge in [-0.3, -0.25) is 20.2 Å². The van der Waals surface area contributed by atoms with Crippen LogP contribution in [0.1, 0.15) is 52.7 Å². The molecule has 2 aromatic carbocycles. The van der Waals surface area contributed by atoms with E-state index in [1.165, 1.54) is 18.2 Å². The molecule has 236 valence electrons. The van der Waals surface area contributed by atoms with Crippen molar-refractivity contribution in [2.45, 2.75) is 64.9 Å². The first kappa shape index (κ1) is 35.2. The maximum Gasteiger partial charge on any atom is 0.414 e. The van der Waals surface area contributed by atoms with E-state index in [-0.39, 0.29) is 42.0 Å². The van der Waals surface area contributed by atoms with E-state index in [0.29, 0.717) is 11.1 Å². The van der Waals surface area contributed by atoms with Gasteiger partial charge in [-0.1, -0.05) is 41.9 Å². The number of hydrogen-bond acceptors (Lipinski definition) is 9. The third kappa shape index (κ3) is 15.1. The highest BCUT2D eigenvalue weighted by molar-refractivity contribution is 7.91. The van der Waals surface area contributed by atoms with Crippen molar-refractivity contribution in [1.82, 2.24) is 16.0 Å². The van der Waals surface area contributed by atoms with Crippen molar-refractivity contribution in [3.63, 3.8) is 0 Å². The lowest BCUT2D eigenvalue weighted by atomic mass is 10.1. The molecule has 2 aromatic rings. The molecule has 0 fully saturated rings. The molecule has 0 aliphatic carbocycles. The summed E-state index contributed by atoms with van der Waals surface area (Å²) in [6.45, 7) is 9.87. The Morgan fingerprint density at radius 2 is 1.47 bits per heavy atom. The number of guanidine groups is 1. The van der Waals surface area contributed by atoms with E-state index in [0.717, 1.165) is 0 Å². The van der Waals surface area contributed by atoms with Crippen molar-refractivity contribution in [3.05, 3.63) is 64.7 Å². The van der Waals surface area contributed by atoms with Crippen molar-refractivity contribution in [3.8, 4) is 0 Å². The summed E-state index contributed by atoms with van der Waals surface area (Å²) >= 11 is 6.23. The zero-order chi connectivity index (χ0) is 32.3. The number of nitrogens with one attached hydrogen (secondary N) is 4. The van der Waals surface area contributed by atoms with E-state index in [2.05, 4.69) is 25.8 Å². The highest BCUT2D eigenvalue weighted by Gasteiger charge is 2.22. The third-order valence-electron chi connectivity index (χ3n) is 4.78. The fraction of sp³-hybridized carbons (Fsp3) is 0.429. The number of sulfonamides is 1. The number of nitrogens with zero attached hydrogens (tertiary/aromatic N) is 1. The van der Waals surface area contributed by atoms with Gasteiger partial charge < -0.3 is 19.6 Å². The number of ether oxygens (including phenoxy) is 2. The van der Waals surface area contributed by atoms with Crippen molar-refractivity contribution in [2.24, 2.45) is 5.16 Å². The second kappa shape index (κ2) is 15.4. The number of carbonyl (C=O) groups excluding carboxylic acids is 3. The molecule has 0 saturated carbocycles. The van der Waals surface area contributed by atoms with Crippen LogP contribution < -0.4 is 20.7 Å². The van der Waals surface area contributed by atoms with Gasteiger partial charge in [-0.2, -0.15) is 0 Å². The Hall–Kier alpha value is -4.04. The lowest BCUT2D eigenvalue weighted by Crippen LogP contribution is -2.47. The van der Waals surface area contributed by atoms with Crippen molar-refractivity contribution >= 4 is 51.4 Å². The molecule has 3 amide bonds. The summed E-state index contributed by atoms with van der Waals surface area (Å²) in [5, 5.41) is 11.1. The standard InChI is InChI=1S/C28H38ClN5O8S/c1-27(2,3)41-25(36)31-24(32-26(37)42-28(4,5)6)33-40-15-14-30-23(35)17-20-16-21(12-13-22(20)29)34-43(38,39)18-19-10-8-7-9-11-19/h7-13,16,34H,14-15,17-18H2,1-6H3,(H,30,35)(H2,31,32,33,36,37). The Balaban J connectivity index is 1.92. The third-order valence-corrected chi connectivity index (χ3v) is 6.41. The number of benzene rings is 2. The molecule has 4 N–H and O–H groups in total. The second-order valence-electron chi connectivity index (χ2n) is 11.2. The molecule has 0 heterocycles. The largest absolute Gasteiger partial charge is 0.444 e. The minimum atomic E-state index is -3.70. The van der Waals surface area contributed by atoms with Crippen molar-refractivity contribution in [2.75, 3.05) is 17.9 Å². The number of amides is 3. The summed E-state index contributed by atoms with van der Waals surface area (Å²) in [5.74, 6) is -1.01. The molecule has 0 aliphatic rings. The fourth-order valence-electron chi connectivity index (χ4n) is 3.24. The van der Waals surface area contributed by atoms with E-state index in [9.17, 15) is 22.8 Å². The Morgan fingerprint density at radius 1 is 0.884 bits per heavy atom. The van der Waals surface area contributed by atoms with Crippen LogP contribution in [-0.2, 0) is 41.3 Å². The molecule has 0 atom stereocenters. The zero-order valence-corrected chi connectivity index (χ0v) is 26.5. The van der Waals surface area contributed by atoms with Crippen LogP contribution in [0, 0.1) is 0 Å². The number of alkyl carbamates (subject to hydrolysis) is 2. The molecule has 0 radical (unpaired) electrons. The quantitative estimate of drug-likeness (QED) is 0.129. The van der Waals surface area contributed by atoms with Gasteiger partial charge in [-0.05, 0) is 76.0 Å². The zero-order valence-electron chi connectivity index (χ0n) is 24.9. The van der Waals surface area contributed by atoms with E-state index >= 15 is 0 Å². The second-order valence-corrected chi connectivity index (χ2v) is 13.3. The summed E-state index contributed by atoms with van der Waals surface area (Å²) in [7, 11) is -3.70. The molecule has 0 spiro atoms. The topological polar surface area (TPSA) is 174 Å². The van der Waals surface area contributed by atoms with Crippen LogP contribution in [0.2, 0.25) is 5.02 Å². The molecule has 0 saturated heterocycles. The van der Waals surface area contributed by atoms with Crippen LogP contribution in [-0.4, -0.2) is 56.8 Å². The Kier molecular flexibility index (Phi) is 12.6. The van der Waals surface area contributed by atoms with Crippen LogP contribution in [0.5, 0.6) is 0 Å². The van der Waals surface area contributed by atoms with Gasteiger partial charge >= 0.3 is 12.2 Å². The van der Waals surface area contributed by atoms with Gasteiger partial charge in [0.25, 0.3) is 5.96 Å². The summed E-state index contributed by atoms with van der Waals surface area (Å²) in [4.78, 5) is 41.9. The maximum atomic E-state index is 12.6. The number of oxime groups is 1. The van der Waals surface area contributed by atoms with Crippen LogP contribution >= 0.6 is 11.6 Å². The summed E-state index contributed by atoms with van der Waals surface area (Å²) < 4.78 is 37.9. The Morgan fingerprint density at radius 3 is 2.02 bits per heavy atom. The molecule has 13 nitrogen and oxygen atoms in total. The molecular formula is C28H38ClN5O8S. The van der Waals surface area contributed by atoms with Gasteiger partial charge in [0.15, 0.2) is 0 Å². The van der Waals surface area contributed by atoms with Crippen LogP contribution in [0.4, 0.5) is 15.3 Å². The number of anilines is 1. The smallest absolute Gasteiger partial charge is 0.414 e. The minimum Gasteiger partial charge on any atom is -0.444 e. The monoisotopic (exact) mass is 639 g/mol. The first-order valence-corrected chi connectivity index (χ1v) is 15.2. The van der Waals surface area contributed by atoms with Gasteiger partial charge in [0.1, 0.15) is 17.8 Å². The van der Waals surface area contributed by atoms with Crippen LogP contribution in [0.15, 0.2) is 53.7 Å². The minimum absolute atomic E-state index is 0.00943. The number of carbonyl (C=O) groups is 3. The van der Waals surface area contributed by atoms with E-state index in [1.54, 1.807) is 71.9 Å². The average molecular weight is 640 g/mol. The summed E-state index contributed by atoms with van der Waals surface area (Å²) in [5.41, 5.74) is -0.308. The van der Waals surface area contributed by atoms with E-state index in [4.69, 9.17) is 25.9 Å². The van der Waals surface area contributed by atoms with Crippen LogP contribution in [0.25, 0.3) is 0 Å². The van der Waals surface area contributed by atoms with Gasteiger partial charge in [-0.15, -0.1) is 0 Å². The Bertz CT molecular complexity index is 1370. The maximum absolute atomic E-state index is 12.6. The molecular weight excluding hydrogens is 602 g/mol. The van der Waals surface area contributed by atoms with E-state index < -0.39 is 39.3 Å². The number of hydrogen-bond donors (Lipinski definition) is 4. The molecule has 15 heteroatoms. The van der Waals surface area contributed by atoms with Crippen LogP contribution in [0.3, 0.4) is 0 Å². The predicted octanol–water partition coefficient (Wildman–Crippen LogP) is 4.28. The molecule has 0 aliphatic heterocycles. The van der Waals surface area contributed by atoms with Gasteiger partial charge in [0, 0.05) is 10.7 Å². The summed E-state index contributed by atoms with van der Waals surface area (Å²) in [6, 6.07) is 13.2. The lowest BCUT2D eigenvalue weighted by Gasteiger charge is -2.21. The molecule has 2 rings (SSSR count). The normalized spacial score (nSPS) is 11.5. The van der Waals surface area contributed by atoms with Crippen molar-refractivity contribution < 1.29 is 37.1 Å². The number of rotatable bonds is 10. The van der Waals surface area contributed by atoms with Gasteiger partial charge in [0.2, 0.25) is 15.9 Å². The molecule has 43 heavy (non-hydrogen) atoms. The average Bonchev–Trinajstić information content (AvgIpc) is 2.83. The van der Waals surface area contributed by atoms with E-state index in [1.807, 2.05) is 0 Å². The Labute approximate surface area is 256 Å². The highest BCUT2D eigenvalue weighted by atomic mass is 35.5. The number of halogens is 1. The predicted molar refractivity (Wildman–Crippen MR) is 163 cm³/mol. The fourth-order valence-corrected chi connectivity index (χ4v) is 4.62. The first-order valence-electron chi connectivity index (χ1n) is 13.2. The molecule has 0 bridgehead atoms. The SMILES string of the molecule is CC(C)(C)OC(=O)NC(=NOCCNC(=O)Cc1cc(NS(=O)(=O)Cc2ccccc2)ccc1Cl)NC(=O)OC(C)(C)C. The molecule has 0 unspecified atom stereocenters. The van der Waals surface area contributed by atoms with Gasteiger partial charge in [0.05, 0.1) is 18.7 Å². The molecule has 0 aromatic heterocycles. The highest BCUT2D eigenvalue weighted by Crippen LogP contribution is 2.22. The summed E-state index contributed by atoms with van der Waals surface area (Å²) in [6.07, 6.45) is -1.91.